The van der Waals surface area contributed by atoms with Crippen molar-refractivity contribution < 1.29 is 19.5 Å². The average Bonchev–Trinajstić information content (AvgIpc) is 0. The summed E-state index contributed by atoms with van der Waals surface area (Å²) in [7, 11) is 0. The molecule has 1 unspecified atom stereocenters. The van der Waals surface area contributed by atoms with Crippen LogP contribution in [0.1, 0.15) is 0 Å². The zero-order valence-corrected chi connectivity index (χ0v) is 12.0. The largest absolute Gasteiger partial charge is 0.153 e. The van der Waals surface area contributed by atoms with Crippen molar-refractivity contribution in [1.82, 2.24) is 0 Å². The summed E-state index contributed by atoms with van der Waals surface area (Å²) in [5.74, 6) is 0. The molecule has 0 bridgehead atoms. The minimum atomic E-state index is 0. The summed E-state index contributed by atoms with van der Waals surface area (Å²) in [6.45, 7) is 0. The maximum Gasteiger partial charge on any atom is 0 e. The number of rotatable bonds is 0. The first-order chi connectivity index (χ1) is 0. The third-order valence-electron chi connectivity index (χ3n) is 0. The number of hydrogen-bond acceptors (Lipinski definition) is 0. The Labute approximate surface area is 101 Å². The minimum absolute atomic E-state index is 0. The first-order valence-electron chi connectivity index (χ1n) is 0. The second-order valence-electron chi connectivity index (χ2n) is 0. The van der Waals surface area contributed by atoms with Crippen molar-refractivity contribution in [3.05, 3.63) is 0 Å². The molecule has 0 saturated carbocycles. The summed E-state index contributed by atoms with van der Waals surface area (Å²) >= 11 is 0. The monoisotopic (exact) mass is 161 g/mol. The van der Waals surface area contributed by atoms with Crippen molar-refractivity contribution in [2.24, 2.45) is 0 Å². The van der Waals surface area contributed by atoms with E-state index in [-0.39, 0.29) is 104 Å². The van der Waals surface area contributed by atoms with Gasteiger partial charge in [-0.2, -0.15) is 9.90 Å². The molecule has 0 fully saturated rings. The normalized spacial score (nSPS) is 0. The van der Waals surface area contributed by atoms with Gasteiger partial charge in [-0.3, -0.25) is 0 Å². The molecule has 0 aromatic carbocycles. The summed E-state index contributed by atoms with van der Waals surface area (Å²) in [6, 6.07) is 0. The fourth-order valence-electron chi connectivity index (χ4n) is 0. The summed E-state index contributed by atoms with van der Waals surface area (Å²) in [6.07, 6.45) is 0. The van der Waals surface area contributed by atoms with Gasteiger partial charge >= 0.3 is 0 Å². The molecule has 0 amide bonds. The van der Waals surface area contributed by atoms with Crippen LogP contribution < -0.4 is 0 Å². The van der Waals surface area contributed by atoms with E-state index in [2.05, 4.69) is 0 Å². The first-order valence-corrected chi connectivity index (χ1v) is 0. The van der Waals surface area contributed by atoms with Gasteiger partial charge in [0.2, 0.25) is 0 Å². The molecule has 0 N–H and O–H groups in total. The van der Waals surface area contributed by atoms with E-state index >= 15 is 0 Å². The van der Waals surface area contributed by atoms with Crippen molar-refractivity contribution >= 4 is 84.3 Å². The van der Waals surface area contributed by atoms with Gasteiger partial charge in [0.1, 0.15) is 0 Å². The molecule has 3 radical (unpaired) electrons. The second kappa shape index (κ2) is 16.1. The van der Waals surface area contributed by atoms with Gasteiger partial charge in [0, 0.05) is 93.9 Å². The smallest absolute Gasteiger partial charge is 0 e. The van der Waals surface area contributed by atoms with Crippen molar-refractivity contribution in [2.75, 3.05) is 0 Å². The summed E-state index contributed by atoms with van der Waals surface area (Å²) in [4.78, 5) is 0. The predicted molar refractivity (Wildman–Crippen MR) is 22.6 cm³/mol. The van der Waals surface area contributed by atoms with E-state index in [1.807, 2.05) is 0 Å². The fraction of sp³-hybridized carbons (Fsp3) is 0. The zero-order valence-electron chi connectivity index (χ0n) is 3.12. The van der Waals surface area contributed by atoms with Gasteiger partial charge in [-0.15, -0.1) is 0 Å². The molecule has 4 heteroatoms. The van der Waals surface area contributed by atoms with E-state index in [0.29, 0.717) is 0 Å². The molecule has 0 aliphatic heterocycles. The standard InChI is InChI=1S/K.Mg.H3P.Zn/h;;1H3;. The summed E-state index contributed by atoms with van der Waals surface area (Å²) in [5, 5.41) is 0. The maximum atomic E-state index is 0. The SMILES string of the molecule is P.[K].[Mg].[Zn]. The van der Waals surface area contributed by atoms with Crippen LogP contribution in [0.3, 0.4) is 0 Å². The topological polar surface area (TPSA) is 0 Å². The molecular formula is H3KMgPZn. The van der Waals surface area contributed by atoms with E-state index < -0.39 is 0 Å². The molecule has 0 spiro atoms. The van der Waals surface area contributed by atoms with E-state index in [9.17, 15) is 0 Å². The minimum Gasteiger partial charge on any atom is -0.153 e. The van der Waals surface area contributed by atoms with Crippen LogP contribution in [0.25, 0.3) is 0 Å². The van der Waals surface area contributed by atoms with Crippen molar-refractivity contribution in [3.8, 4) is 0 Å². The molecule has 0 aliphatic rings. The third kappa shape index (κ3) is 9.07. The van der Waals surface area contributed by atoms with Crippen LogP contribution in [0, 0.1) is 0 Å². The first kappa shape index (κ1) is 26.0. The van der Waals surface area contributed by atoms with Crippen molar-refractivity contribution in [2.45, 2.75) is 0 Å². The second-order valence-corrected chi connectivity index (χ2v) is 0. The Balaban J connectivity index is 0. The Hall–Kier alpha value is 3.46. The van der Waals surface area contributed by atoms with Gasteiger partial charge in [0.25, 0.3) is 0 Å². The third-order valence-corrected chi connectivity index (χ3v) is 0. The molecule has 0 nitrogen and oxygen atoms in total. The molecule has 1 atom stereocenters. The van der Waals surface area contributed by atoms with Crippen LogP contribution in [0.5, 0.6) is 0 Å². The van der Waals surface area contributed by atoms with E-state index in [4.69, 9.17) is 0 Å². The van der Waals surface area contributed by atoms with Gasteiger partial charge in [0.15, 0.2) is 0 Å². The molecular weight excluding hydrogens is 160 g/mol. The van der Waals surface area contributed by atoms with E-state index in [1.54, 1.807) is 0 Å². The number of hydrogen-bond donors (Lipinski definition) is 0. The quantitative estimate of drug-likeness (QED) is 0.327. The Morgan fingerprint density at radius 3 is 1.00 bits per heavy atom. The molecule has 0 saturated heterocycles. The Morgan fingerprint density at radius 2 is 1.00 bits per heavy atom. The van der Waals surface area contributed by atoms with Gasteiger partial charge < -0.3 is 0 Å². The van der Waals surface area contributed by atoms with Crippen LogP contribution >= 0.6 is 9.90 Å². The summed E-state index contributed by atoms with van der Waals surface area (Å²) < 4.78 is 0. The Morgan fingerprint density at radius 1 is 1.00 bits per heavy atom. The van der Waals surface area contributed by atoms with Crippen LogP contribution in [-0.2, 0) is 19.5 Å². The van der Waals surface area contributed by atoms with Crippen LogP contribution in [0.2, 0.25) is 0 Å². The molecule has 13 valence electrons. The average molecular weight is 163 g/mol. The van der Waals surface area contributed by atoms with Gasteiger partial charge in [-0.05, 0) is 0 Å². The van der Waals surface area contributed by atoms with Gasteiger partial charge in [-0.25, -0.2) is 0 Å². The molecule has 0 rings (SSSR count). The molecule has 0 aromatic heterocycles. The Bertz CT molecular complexity index is 8.00. The van der Waals surface area contributed by atoms with Crippen molar-refractivity contribution in [1.29, 1.82) is 0 Å². The maximum absolute atomic E-state index is 0. The van der Waals surface area contributed by atoms with Crippen molar-refractivity contribution in [3.63, 3.8) is 0 Å². The van der Waals surface area contributed by atoms with Crippen LogP contribution in [0.15, 0.2) is 0 Å². The molecule has 0 aliphatic carbocycles. The molecule has 0 aromatic rings. The molecule has 4 heavy (non-hydrogen) atoms. The van der Waals surface area contributed by atoms with E-state index in [1.165, 1.54) is 0 Å². The van der Waals surface area contributed by atoms with E-state index in [0.717, 1.165) is 0 Å². The van der Waals surface area contributed by atoms with Crippen LogP contribution in [-0.4, -0.2) is 74.4 Å². The van der Waals surface area contributed by atoms with Gasteiger partial charge in [0.05, 0.1) is 0 Å². The zero-order chi connectivity index (χ0) is 0. The predicted octanol–water partition coefficient (Wildman–Crippen LogP) is -0.706. The Kier molecular flexibility index (Phi) is 105. The fourth-order valence-corrected chi connectivity index (χ4v) is 0. The van der Waals surface area contributed by atoms with Gasteiger partial charge in [-0.1, -0.05) is 0 Å². The summed E-state index contributed by atoms with van der Waals surface area (Å²) in [5.41, 5.74) is 0. The van der Waals surface area contributed by atoms with Crippen LogP contribution in [0.4, 0.5) is 0 Å². The molecule has 0 heterocycles.